The van der Waals surface area contributed by atoms with Crippen LogP contribution in [0.4, 0.5) is 0 Å². The van der Waals surface area contributed by atoms with Gasteiger partial charge in [-0.2, -0.15) is 0 Å². The van der Waals surface area contributed by atoms with Crippen molar-refractivity contribution in [3.63, 3.8) is 0 Å². The van der Waals surface area contributed by atoms with Crippen molar-refractivity contribution in [1.82, 2.24) is 0 Å². The molecule has 0 rings (SSSR count). The smallest absolute Gasteiger partial charge is 0.290 e. The van der Waals surface area contributed by atoms with Gasteiger partial charge in [-0.1, -0.05) is 0 Å². The third-order valence-electron chi connectivity index (χ3n) is 0.101. The Morgan fingerprint density at radius 1 is 2.00 bits per heavy atom. The number of thiol groups is 1. The van der Waals surface area contributed by atoms with Crippen LogP contribution in [0.25, 0.3) is 0 Å². The topological polar surface area (TPSA) is 29.5 Å². The summed E-state index contributed by atoms with van der Waals surface area (Å²) in [5, 5.41) is 0. The molecule has 1 atom stereocenters. The summed E-state index contributed by atoms with van der Waals surface area (Å²) in [5.74, 6) is -2.98. The minimum absolute atomic E-state index is 2.98. The quantitative estimate of drug-likeness (QED) is 0.348. The lowest BCUT2D eigenvalue weighted by molar-refractivity contribution is 0.547. The summed E-state index contributed by atoms with van der Waals surface area (Å²) in [7, 11) is 0. The van der Waals surface area contributed by atoms with Gasteiger partial charge in [0.25, 0.3) is 5.84 Å². The standard InChI is InChI=1S/ClH2O2PS2/c1-4(2,6)3-5/h5H,(H,2,6). The first-order chi connectivity index (χ1) is 2.56. The van der Waals surface area contributed by atoms with Gasteiger partial charge in [-0.15, -0.1) is 0 Å². The first-order valence-electron chi connectivity index (χ1n) is 0.917. The van der Waals surface area contributed by atoms with Gasteiger partial charge in [0, 0.05) is 0 Å². The molecule has 0 aromatic carbocycles. The number of hydrogen-bond acceptors (Lipinski definition) is 3. The number of halogens is 1. The zero-order chi connectivity index (χ0) is 5.21. The summed E-state index contributed by atoms with van der Waals surface area (Å²) in [6, 6.07) is 0. The maximum Gasteiger partial charge on any atom is 0.290 e. The van der Waals surface area contributed by atoms with Crippen LogP contribution in [0.3, 0.4) is 0 Å². The highest BCUT2D eigenvalue weighted by molar-refractivity contribution is 8.23. The third kappa shape index (κ3) is 5.21. The zero-order valence-electron chi connectivity index (χ0n) is 2.54. The van der Waals surface area contributed by atoms with Crippen molar-refractivity contribution in [3.05, 3.63) is 0 Å². The van der Waals surface area contributed by atoms with Gasteiger partial charge in [0.15, 0.2) is 0 Å². The molecule has 1 unspecified atom stereocenters. The lowest BCUT2D eigenvalue weighted by Gasteiger charge is -1.95. The SMILES string of the molecule is OP(=S)(Cl)OS. The predicted molar refractivity (Wildman–Crippen MR) is 32.4 cm³/mol. The van der Waals surface area contributed by atoms with E-state index in [1.165, 1.54) is 0 Å². The lowest BCUT2D eigenvalue weighted by Crippen LogP contribution is -1.59. The fourth-order valence-electron chi connectivity index (χ4n) is 0. The molecule has 0 aliphatic heterocycles. The van der Waals surface area contributed by atoms with E-state index in [1.54, 1.807) is 0 Å². The van der Waals surface area contributed by atoms with Gasteiger partial charge in [-0.05, 0) is 36.0 Å². The second kappa shape index (κ2) is 2.50. The minimum Gasteiger partial charge on any atom is -0.333 e. The van der Waals surface area contributed by atoms with Crippen molar-refractivity contribution in [3.8, 4) is 0 Å². The largest absolute Gasteiger partial charge is 0.333 e. The molecule has 1 N–H and O–H groups in total. The molecule has 0 aliphatic carbocycles. The van der Waals surface area contributed by atoms with Gasteiger partial charge in [-0.3, -0.25) is 0 Å². The van der Waals surface area contributed by atoms with E-state index in [0.29, 0.717) is 0 Å². The molecule has 6 heavy (non-hydrogen) atoms. The Morgan fingerprint density at radius 3 is 2.17 bits per heavy atom. The molecular formula is H2ClO2PS2. The average Bonchev–Trinajstić information content (AvgIpc) is 1.35. The van der Waals surface area contributed by atoms with Crippen LogP contribution in [0, 0.1) is 0 Å². The van der Waals surface area contributed by atoms with Crippen LogP contribution in [0.1, 0.15) is 0 Å². The van der Waals surface area contributed by atoms with Gasteiger partial charge < -0.3 is 4.89 Å². The first kappa shape index (κ1) is 7.21. The van der Waals surface area contributed by atoms with E-state index in [0.717, 1.165) is 0 Å². The third-order valence-corrected chi connectivity index (χ3v) is 2.06. The average molecular weight is 165 g/mol. The molecule has 0 saturated carbocycles. The molecule has 0 saturated heterocycles. The van der Waals surface area contributed by atoms with Gasteiger partial charge in [0.2, 0.25) is 0 Å². The molecule has 2 nitrogen and oxygen atoms in total. The fourth-order valence-corrected chi connectivity index (χ4v) is 0. The van der Waals surface area contributed by atoms with Crippen molar-refractivity contribution in [2.75, 3.05) is 0 Å². The number of hydrogen-bond donors (Lipinski definition) is 2. The maximum absolute atomic E-state index is 8.22. The highest BCUT2D eigenvalue weighted by Gasteiger charge is 2.02. The monoisotopic (exact) mass is 164 g/mol. The van der Waals surface area contributed by atoms with Crippen molar-refractivity contribution in [2.45, 2.75) is 0 Å². The second-order valence-electron chi connectivity index (χ2n) is 0.533. The van der Waals surface area contributed by atoms with Gasteiger partial charge in [0.05, 0.1) is 0 Å². The molecule has 0 aromatic rings. The van der Waals surface area contributed by atoms with Gasteiger partial charge >= 0.3 is 0 Å². The minimum atomic E-state index is -2.98. The van der Waals surface area contributed by atoms with Crippen LogP contribution in [-0.4, -0.2) is 4.89 Å². The molecule has 38 valence electrons. The van der Waals surface area contributed by atoms with Crippen LogP contribution in [0.15, 0.2) is 0 Å². The van der Waals surface area contributed by atoms with Crippen LogP contribution in [0.2, 0.25) is 0 Å². The summed E-state index contributed by atoms with van der Waals surface area (Å²) >= 11 is 12.2. The van der Waals surface area contributed by atoms with Crippen molar-refractivity contribution < 1.29 is 8.86 Å². The Hall–Kier alpha value is 1.21. The van der Waals surface area contributed by atoms with E-state index in [4.69, 9.17) is 16.1 Å². The maximum atomic E-state index is 8.22. The fraction of sp³-hybridized carbons (Fsp3) is 0. The van der Waals surface area contributed by atoms with Crippen LogP contribution >= 0.6 is 30.0 Å². The molecule has 0 aliphatic rings. The molecule has 0 amide bonds. The van der Waals surface area contributed by atoms with E-state index in [1.807, 2.05) is 0 Å². The first-order valence-corrected chi connectivity index (χ1v) is 4.86. The molecular weight excluding hydrogens is 163 g/mol. The lowest BCUT2D eigenvalue weighted by atomic mass is 15.8. The normalized spacial score (nSPS) is 19.8. The van der Waals surface area contributed by atoms with Crippen molar-refractivity contribution >= 4 is 41.8 Å². The molecule has 0 heterocycles. The summed E-state index contributed by atoms with van der Waals surface area (Å²) in [6.07, 6.45) is 0. The van der Waals surface area contributed by atoms with E-state index in [2.05, 4.69) is 28.7 Å². The van der Waals surface area contributed by atoms with E-state index in [-0.39, 0.29) is 0 Å². The Morgan fingerprint density at radius 2 is 2.17 bits per heavy atom. The van der Waals surface area contributed by atoms with Crippen LogP contribution in [-0.2, 0) is 15.8 Å². The van der Waals surface area contributed by atoms with Crippen LogP contribution in [0.5, 0.6) is 0 Å². The molecule has 0 spiro atoms. The van der Waals surface area contributed by atoms with Gasteiger partial charge in [-0.25, -0.2) is 3.97 Å². The highest BCUT2D eigenvalue weighted by Crippen LogP contribution is 2.48. The highest BCUT2D eigenvalue weighted by atomic mass is 35.7. The Bertz CT molecular complexity index is 75.6. The van der Waals surface area contributed by atoms with Crippen molar-refractivity contribution in [2.24, 2.45) is 0 Å². The van der Waals surface area contributed by atoms with E-state index < -0.39 is 5.84 Å². The second-order valence-corrected chi connectivity index (χ2v) is 5.55. The van der Waals surface area contributed by atoms with E-state index >= 15 is 0 Å². The van der Waals surface area contributed by atoms with E-state index in [9.17, 15) is 0 Å². The summed E-state index contributed by atoms with van der Waals surface area (Å²) in [4.78, 5) is 8.22. The van der Waals surface area contributed by atoms with Crippen LogP contribution < -0.4 is 0 Å². The Balaban J connectivity index is 3.48. The predicted octanol–water partition coefficient (Wildman–Crippen LogP) is 1.30. The molecule has 0 bridgehead atoms. The molecule has 6 heteroatoms. The Kier molecular flexibility index (Phi) is 3.01. The zero-order valence-corrected chi connectivity index (χ0v) is 5.90. The Labute approximate surface area is 51.0 Å². The molecule has 0 fully saturated rings. The summed E-state index contributed by atoms with van der Waals surface area (Å²) in [5.41, 5.74) is 0. The number of rotatable bonds is 1. The summed E-state index contributed by atoms with van der Waals surface area (Å²) in [6.45, 7) is 0. The molecule has 0 radical (unpaired) electrons. The van der Waals surface area contributed by atoms with Crippen molar-refractivity contribution in [1.29, 1.82) is 0 Å². The van der Waals surface area contributed by atoms with Gasteiger partial charge in [0.1, 0.15) is 0 Å². The molecule has 0 aromatic heterocycles. The summed E-state index contributed by atoms with van der Waals surface area (Å²) < 4.78 is 3.88.